The topological polar surface area (TPSA) is 44.8 Å². The first-order chi connectivity index (χ1) is 10.1. The molecule has 0 spiro atoms. The number of rotatable bonds is 7. The molecule has 1 aliphatic rings. The largest absolute Gasteiger partial charge is 0.462 e. The molecule has 0 saturated heterocycles. The van der Waals surface area contributed by atoms with Crippen molar-refractivity contribution in [2.45, 2.75) is 85.9 Å². The Morgan fingerprint density at radius 2 is 1.55 bits per heavy atom. The monoisotopic (exact) mass is 314 g/mol. The van der Waals surface area contributed by atoms with Gasteiger partial charge in [0.25, 0.3) is 0 Å². The van der Waals surface area contributed by atoms with Gasteiger partial charge in [-0.05, 0) is 51.4 Å². The molecule has 0 radical (unpaired) electrons. The van der Waals surface area contributed by atoms with Crippen molar-refractivity contribution in [2.24, 2.45) is 10.8 Å². The van der Waals surface area contributed by atoms with Crippen LogP contribution in [0.5, 0.6) is 0 Å². The highest BCUT2D eigenvalue weighted by molar-refractivity contribution is 5.75. The lowest BCUT2D eigenvalue weighted by Crippen LogP contribution is -2.34. The van der Waals surface area contributed by atoms with Crippen LogP contribution in [0.1, 0.15) is 73.6 Å². The maximum Gasteiger partial charge on any atom is 0.311 e. The van der Waals surface area contributed by atoms with Gasteiger partial charge in [0.2, 0.25) is 0 Å². The number of esters is 1. The third-order valence-corrected chi connectivity index (χ3v) is 4.25. The van der Waals surface area contributed by atoms with E-state index in [1.807, 2.05) is 20.8 Å². The fraction of sp³-hybridized carbons (Fsp3) is 0.944. The maximum absolute atomic E-state index is 12.1. The van der Waals surface area contributed by atoms with Crippen molar-refractivity contribution in [3.63, 3.8) is 0 Å². The predicted molar refractivity (Wildman–Crippen MR) is 87.6 cm³/mol. The molecule has 130 valence electrons. The first-order valence-corrected chi connectivity index (χ1v) is 8.54. The van der Waals surface area contributed by atoms with Crippen LogP contribution in [0.3, 0.4) is 0 Å². The summed E-state index contributed by atoms with van der Waals surface area (Å²) in [7, 11) is 0. The quantitative estimate of drug-likeness (QED) is 0.399. The van der Waals surface area contributed by atoms with Gasteiger partial charge >= 0.3 is 5.97 Å². The molecule has 1 rings (SSSR count). The van der Waals surface area contributed by atoms with Crippen LogP contribution in [-0.2, 0) is 19.0 Å². The Kier molecular flexibility index (Phi) is 7.33. The van der Waals surface area contributed by atoms with E-state index in [9.17, 15) is 4.79 Å². The Hall–Kier alpha value is -0.610. The number of ether oxygens (including phenoxy) is 3. The molecule has 0 amide bonds. The number of carbonyl (C=O) groups excluding carboxylic acids is 1. The molecule has 0 aromatic heterocycles. The van der Waals surface area contributed by atoms with Crippen LogP contribution in [0.4, 0.5) is 0 Å². The highest BCUT2D eigenvalue weighted by Gasteiger charge is 2.31. The van der Waals surface area contributed by atoms with Gasteiger partial charge < -0.3 is 14.2 Å². The van der Waals surface area contributed by atoms with Crippen LogP contribution in [-0.4, -0.2) is 31.6 Å². The molecule has 0 bridgehead atoms. The summed E-state index contributed by atoms with van der Waals surface area (Å²) in [5.41, 5.74) is -0.213. The fourth-order valence-electron chi connectivity index (χ4n) is 2.26. The first-order valence-electron chi connectivity index (χ1n) is 8.54. The predicted octanol–water partition coefficient (Wildman–Crippen LogP) is 4.31. The highest BCUT2D eigenvalue weighted by Crippen LogP contribution is 2.28. The van der Waals surface area contributed by atoms with Gasteiger partial charge in [0.15, 0.2) is 0 Å². The van der Waals surface area contributed by atoms with Crippen molar-refractivity contribution in [3.05, 3.63) is 0 Å². The minimum absolute atomic E-state index is 0.0497. The minimum atomic E-state index is -0.381. The standard InChI is InChI=1S/C18H34O4/c1-7-18(5,6)16(19)22-15-10-8-14(9-11-15)21-13-20-12-17(2,3)4/h14-15H,7-13H2,1-6H3. The van der Waals surface area contributed by atoms with Gasteiger partial charge in [0, 0.05) is 0 Å². The number of hydrogen-bond acceptors (Lipinski definition) is 4. The van der Waals surface area contributed by atoms with Crippen molar-refractivity contribution in [1.82, 2.24) is 0 Å². The molecule has 4 heteroatoms. The summed E-state index contributed by atoms with van der Waals surface area (Å²) >= 11 is 0. The van der Waals surface area contributed by atoms with E-state index >= 15 is 0 Å². The molecule has 0 aromatic carbocycles. The van der Waals surface area contributed by atoms with Crippen LogP contribution < -0.4 is 0 Å². The average Bonchev–Trinajstić information content (AvgIpc) is 2.44. The van der Waals surface area contributed by atoms with Crippen molar-refractivity contribution in [1.29, 1.82) is 0 Å². The normalized spacial score (nSPS) is 23.4. The second kappa shape index (κ2) is 8.30. The van der Waals surface area contributed by atoms with Gasteiger partial charge in [0.05, 0.1) is 18.1 Å². The SMILES string of the molecule is CCC(C)(C)C(=O)OC1CCC(OCOCC(C)(C)C)CC1. The molecule has 1 saturated carbocycles. The van der Waals surface area contributed by atoms with E-state index in [-0.39, 0.29) is 29.0 Å². The molecule has 1 fully saturated rings. The van der Waals surface area contributed by atoms with E-state index in [0.717, 1.165) is 32.1 Å². The first kappa shape index (κ1) is 19.4. The summed E-state index contributed by atoms with van der Waals surface area (Å²) in [5, 5.41) is 0. The van der Waals surface area contributed by atoms with Crippen LogP contribution in [0.2, 0.25) is 0 Å². The average molecular weight is 314 g/mol. The fourth-order valence-corrected chi connectivity index (χ4v) is 2.26. The van der Waals surface area contributed by atoms with E-state index in [0.29, 0.717) is 13.4 Å². The zero-order chi connectivity index (χ0) is 16.8. The summed E-state index contributed by atoms with van der Waals surface area (Å²) in [6.45, 7) is 13.4. The number of carbonyl (C=O) groups is 1. The highest BCUT2D eigenvalue weighted by atomic mass is 16.7. The van der Waals surface area contributed by atoms with Gasteiger partial charge in [-0.25, -0.2) is 0 Å². The van der Waals surface area contributed by atoms with Crippen LogP contribution in [0, 0.1) is 10.8 Å². The summed E-state index contributed by atoms with van der Waals surface area (Å²) in [6.07, 6.45) is 4.72. The van der Waals surface area contributed by atoms with Gasteiger partial charge in [0.1, 0.15) is 12.9 Å². The summed E-state index contributed by atoms with van der Waals surface area (Å²) < 4.78 is 16.9. The molecule has 22 heavy (non-hydrogen) atoms. The lowest BCUT2D eigenvalue weighted by atomic mass is 9.90. The summed E-state index contributed by atoms with van der Waals surface area (Å²) in [6, 6.07) is 0. The van der Waals surface area contributed by atoms with Crippen molar-refractivity contribution < 1.29 is 19.0 Å². The van der Waals surface area contributed by atoms with Gasteiger partial charge in [-0.3, -0.25) is 4.79 Å². The molecular weight excluding hydrogens is 280 g/mol. The van der Waals surface area contributed by atoms with E-state index in [1.54, 1.807) is 0 Å². The zero-order valence-electron chi connectivity index (χ0n) is 15.2. The molecule has 1 aliphatic carbocycles. The summed E-state index contributed by atoms with van der Waals surface area (Å²) in [5.74, 6) is -0.0760. The maximum atomic E-state index is 12.1. The van der Waals surface area contributed by atoms with E-state index in [2.05, 4.69) is 20.8 Å². The smallest absolute Gasteiger partial charge is 0.311 e. The Morgan fingerprint density at radius 1 is 1.00 bits per heavy atom. The molecule has 0 unspecified atom stereocenters. The summed E-state index contributed by atoms with van der Waals surface area (Å²) in [4.78, 5) is 12.1. The Balaban J connectivity index is 2.20. The zero-order valence-corrected chi connectivity index (χ0v) is 15.2. The molecule has 0 heterocycles. The Morgan fingerprint density at radius 3 is 2.05 bits per heavy atom. The lowest BCUT2D eigenvalue weighted by molar-refractivity contribution is -0.165. The van der Waals surface area contributed by atoms with Crippen LogP contribution >= 0.6 is 0 Å². The van der Waals surface area contributed by atoms with Gasteiger partial charge in [-0.2, -0.15) is 0 Å². The molecule has 0 aliphatic heterocycles. The van der Waals surface area contributed by atoms with Gasteiger partial charge in [-0.1, -0.05) is 27.7 Å². The van der Waals surface area contributed by atoms with Crippen LogP contribution in [0.25, 0.3) is 0 Å². The van der Waals surface area contributed by atoms with E-state index in [1.165, 1.54) is 0 Å². The molecule has 0 atom stereocenters. The van der Waals surface area contributed by atoms with Crippen molar-refractivity contribution >= 4 is 5.97 Å². The van der Waals surface area contributed by atoms with Gasteiger partial charge in [-0.15, -0.1) is 0 Å². The Labute approximate surface area is 135 Å². The third kappa shape index (κ3) is 7.10. The molecule has 0 N–H and O–H groups in total. The minimum Gasteiger partial charge on any atom is -0.462 e. The van der Waals surface area contributed by atoms with Crippen molar-refractivity contribution in [3.8, 4) is 0 Å². The second-order valence-corrected chi connectivity index (χ2v) is 8.24. The lowest BCUT2D eigenvalue weighted by Gasteiger charge is -2.31. The molecule has 0 aromatic rings. The van der Waals surface area contributed by atoms with E-state index in [4.69, 9.17) is 14.2 Å². The second-order valence-electron chi connectivity index (χ2n) is 8.24. The van der Waals surface area contributed by atoms with Crippen molar-refractivity contribution in [2.75, 3.05) is 13.4 Å². The van der Waals surface area contributed by atoms with E-state index < -0.39 is 0 Å². The third-order valence-electron chi connectivity index (χ3n) is 4.25. The molecular formula is C18H34O4. The number of hydrogen-bond donors (Lipinski definition) is 0. The van der Waals surface area contributed by atoms with Crippen LogP contribution in [0.15, 0.2) is 0 Å². The Bertz CT molecular complexity index is 335. The molecule has 4 nitrogen and oxygen atoms in total.